The largest absolute Gasteiger partial charge is 0.507 e. The Balaban J connectivity index is 0.00000529. The minimum Gasteiger partial charge on any atom is -0.507 e. The Hall–Kier alpha value is -6.55. The van der Waals surface area contributed by atoms with E-state index >= 15 is 0 Å². The van der Waals surface area contributed by atoms with Crippen LogP contribution in [-0.2, 0) is 31.9 Å². The van der Waals surface area contributed by atoms with Gasteiger partial charge >= 0.3 is 0 Å². The molecule has 0 aliphatic heterocycles. The molecule has 0 fully saturated rings. The zero-order chi connectivity index (χ0) is 42.3. The molecule has 0 atom stereocenters. The molecule has 1 N–H and O–H groups in total. The number of anilines is 3. The summed E-state index contributed by atoms with van der Waals surface area (Å²) >= 11 is 0. The summed E-state index contributed by atoms with van der Waals surface area (Å²) in [6, 6.07) is 64.6. The summed E-state index contributed by atoms with van der Waals surface area (Å²) in [5.41, 5.74) is 10.4. The molecule has 0 spiro atoms. The number of para-hydroxylation sites is 1. The normalized spacial score (nSPS) is 11.6. The molecular weight excluding hydrogens is 940 g/mol. The van der Waals surface area contributed by atoms with E-state index in [0.29, 0.717) is 11.4 Å². The molecule has 7 aromatic carbocycles. The zero-order valence-corrected chi connectivity index (χ0v) is 38.1. The Kier molecular flexibility index (Phi) is 11.6. The van der Waals surface area contributed by atoms with Crippen molar-refractivity contribution < 1.29 is 26.2 Å². The van der Waals surface area contributed by atoms with Crippen LogP contribution in [0.2, 0.25) is 0 Å². The molecule has 2 aromatic heterocycles. The molecule has 0 aliphatic carbocycles. The summed E-state index contributed by atoms with van der Waals surface area (Å²) in [5, 5.41) is 14.8. The van der Waals surface area contributed by atoms with Gasteiger partial charge in [-0.3, -0.25) is 4.98 Å². The Morgan fingerprint density at radius 3 is 1.95 bits per heavy atom. The number of aromatic hydroxyl groups is 1. The third-order valence-corrected chi connectivity index (χ3v) is 11.3. The first-order valence-electron chi connectivity index (χ1n) is 20.9. The number of hydrogen-bond acceptors (Lipinski definition) is 4. The van der Waals surface area contributed by atoms with Crippen molar-refractivity contribution in [2.75, 3.05) is 4.90 Å². The van der Waals surface area contributed by atoms with Gasteiger partial charge in [-0.05, 0) is 68.9 Å². The van der Waals surface area contributed by atoms with Gasteiger partial charge < -0.3 is 14.6 Å². The molecule has 0 aliphatic rings. The second kappa shape index (κ2) is 17.1. The number of pyridine rings is 1. The van der Waals surface area contributed by atoms with Gasteiger partial charge in [-0.25, -0.2) is 4.98 Å². The maximum absolute atomic E-state index is 12.5. The van der Waals surface area contributed by atoms with Crippen molar-refractivity contribution in [3.8, 4) is 56.5 Å². The molecule has 5 nitrogen and oxygen atoms in total. The number of benzene rings is 7. The number of rotatable bonds is 8. The standard InChI is InChI=1S/C56H49N4O.Pt/c1-55(2,3)42-36-46(53(61)47(37-42)56(4,5)6)54-58-51(52(40-24-11-8-12-25-40)60(54)49-31-16-15-30-45(49)38-21-9-7-10-22-38)41-27-19-28-43(35-41)59(50-33-17-18-34-57-50)48-32-20-26-39-23-13-14-29-44(39)48;/h7-34,36-37,61H,1-6H3;/q-1;. The van der Waals surface area contributed by atoms with E-state index in [9.17, 15) is 5.11 Å². The minimum absolute atomic E-state index is 0. The number of fused-ring (bicyclic) bond motifs is 1. The van der Waals surface area contributed by atoms with Crippen LogP contribution in [0.1, 0.15) is 52.7 Å². The van der Waals surface area contributed by atoms with Crippen LogP contribution in [0, 0.1) is 6.07 Å². The molecule has 0 radical (unpaired) electrons. The first-order chi connectivity index (χ1) is 29.5. The van der Waals surface area contributed by atoms with Crippen molar-refractivity contribution in [2.45, 2.75) is 52.4 Å². The average molecular weight is 989 g/mol. The fourth-order valence-corrected chi connectivity index (χ4v) is 8.22. The van der Waals surface area contributed by atoms with Gasteiger partial charge in [0.25, 0.3) is 0 Å². The van der Waals surface area contributed by atoms with Crippen LogP contribution in [0.3, 0.4) is 0 Å². The fraction of sp³-hybridized carbons (Fsp3) is 0.143. The Bertz CT molecular complexity index is 3000. The van der Waals surface area contributed by atoms with E-state index in [-0.39, 0.29) is 37.6 Å². The van der Waals surface area contributed by atoms with Crippen molar-refractivity contribution in [1.29, 1.82) is 0 Å². The Morgan fingerprint density at radius 2 is 1.24 bits per heavy atom. The predicted octanol–water partition coefficient (Wildman–Crippen LogP) is 14.7. The van der Waals surface area contributed by atoms with Crippen LogP contribution < -0.4 is 4.90 Å². The van der Waals surface area contributed by atoms with E-state index in [4.69, 9.17) is 9.97 Å². The molecular formula is C56H49N4OPt-. The van der Waals surface area contributed by atoms with Crippen molar-refractivity contribution >= 4 is 28.0 Å². The van der Waals surface area contributed by atoms with E-state index < -0.39 is 0 Å². The van der Waals surface area contributed by atoms with Gasteiger partial charge in [-0.1, -0.05) is 169 Å². The quantitative estimate of drug-likeness (QED) is 0.154. The first kappa shape index (κ1) is 42.2. The van der Waals surface area contributed by atoms with Crippen molar-refractivity contribution in [2.24, 2.45) is 0 Å². The molecule has 0 unspecified atom stereocenters. The van der Waals surface area contributed by atoms with Gasteiger partial charge in [0.2, 0.25) is 0 Å². The van der Waals surface area contributed by atoms with Gasteiger partial charge in [0, 0.05) is 55.2 Å². The Morgan fingerprint density at radius 1 is 0.597 bits per heavy atom. The first-order valence-corrected chi connectivity index (χ1v) is 20.9. The van der Waals surface area contributed by atoms with E-state index in [1.165, 1.54) is 0 Å². The third kappa shape index (κ3) is 8.01. The predicted molar refractivity (Wildman–Crippen MR) is 253 cm³/mol. The van der Waals surface area contributed by atoms with Crippen LogP contribution in [0.15, 0.2) is 182 Å². The topological polar surface area (TPSA) is 54.2 Å². The summed E-state index contributed by atoms with van der Waals surface area (Å²) in [5.74, 6) is 1.64. The van der Waals surface area contributed by atoms with Crippen LogP contribution in [0.25, 0.3) is 61.5 Å². The molecule has 9 aromatic rings. The van der Waals surface area contributed by atoms with Gasteiger partial charge in [-0.2, -0.15) is 0 Å². The number of phenols is 1. The molecule has 62 heavy (non-hydrogen) atoms. The van der Waals surface area contributed by atoms with Crippen LogP contribution in [-0.4, -0.2) is 19.6 Å². The monoisotopic (exact) mass is 988 g/mol. The molecule has 0 bridgehead atoms. The van der Waals surface area contributed by atoms with Crippen molar-refractivity contribution in [3.63, 3.8) is 0 Å². The molecule has 6 heteroatoms. The average Bonchev–Trinajstić information content (AvgIpc) is 3.67. The second-order valence-corrected chi connectivity index (χ2v) is 17.6. The fourth-order valence-electron chi connectivity index (χ4n) is 8.22. The van der Waals surface area contributed by atoms with Gasteiger partial charge in [0.1, 0.15) is 17.4 Å². The summed E-state index contributed by atoms with van der Waals surface area (Å²) in [6.45, 7) is 13.1. The summed E-state index contributed by atoms with van der Waals surface area (Å²) in [7, 11) is 0. The van der Waals surface area contributed by atoms with E-state index in [0.717, 1.165) is 78.4 Å². The maximum Gasteiger partial charge on any atom is 0.139 e. The minimum atomic E-state index is -0.344. The maximum atomic E-state index is 12.5. The van der Waals surface area contributed by atoms with Crippen molar-refractivity contribution in [1.82, 2.24) is 14.5 Å². The van der Waals surface area contributed by atoms with E-state index in [2.05, 4.69) is 203 Å². The van der Waals surface area contributed by atoms with Crippen LogP contribution in [0.5, 0.6) is 5.75 Å². The van der Waals surface area contributed by atoms with Crippen LogP contribution >= 0.6 is 0 Å². The zero-order valence-electron chi connectivity index (χ0n) is 35.9. The molecule has 2 heterocycles. The van der Waals surface area contributed by atoms with E-state index in [1.807, 2.05) is 36.5 Å². The second-order valence-electron chi connectivity index (χ2n) is 17.6. The Labute approximate surface area is 379 Å². The van der Waals surface area contributed by atoms with Gasteiger partial charge in [0.15, 0.2) is 0 Å². The number of phenolic OH excluding ortho intramolecular Hbond substituents is 1. The number of nitrogens with zero attached hydrogens (tertiary/aromatic N) is 4. The SMILES string of the molecule is CC(C)(C)c1cc(-c2nc(-c3[c-]c(N(c4ccccn4)c4cccc5ccccc45)ccc3)c(-c3ccccc3)n2-c2ccccc2-c2ccccc2)c(O)c(C(C)(C)C)c1.[Pt]. The molecule has 0 amide bonds. The molecule has 9 rings (SSSR count). The number of aromatic nitrogens is 3. The number of imidazole rings is 1. The summed E-state index contributed by atoms with van der Waals surface area (Å²) in [4.78, 5) is 12.7. The molecule has 0 saturated heterocycles. The molecule has 0 saturated carbocycles. The van der Waals surface area contributed by atoms with E-state index in [1.54, 1.807) is 0 Å². The van der Waals surface area contributed by atoms with Crippen LogP contribution in [0.4, 0.5) is 17.2 Å². The summed E-state index contributed by atoms with van der Waals surface area (Å²) < 4.78 is 2.25. The molecule has 310 valence electrons. The van der Waals surface area contributed by atoms with Gasteiger partial charge in [-0.15, -0.1) is 29.8 Å². The third-order valence-electron chi connectivity index (χ3n) is 11.3. The summed E-state index contributed by atoms with van der Waals surface area (Å²) in [6.07, 6.45) is 1.83. The number of hydrogen-bond donors (Lipinski definition) is 1. The van der Waals surface area contributed by atoms with Gasteiger partial charge in [0.05, 0.1) is 16.9 Å². The smallest absolute Gasteiger partial charge is 0.139 e. The van der Waals surface area contributed by atoms with Crippen molar-refractivity contribution in [3.05, 3.63) is 199 Å².